The van der Waals surface area contributed by atoms with Crippen LogP contribution in [0.2, 0.25) is 0 Å². The summed E-state index contributed by atoms with van der Waals surface area (Å²) in [4.78, 5) is 28.9. The predicted molar refractivity (Wildman–Crippen MR) is 74.9 cm³/mol. The third-order valence-electron chi connectivity index (χ3n) is 2.54. The summed E-state index contributed by atoms with van der Waals surface area (Å²) in [5, 5.41) is 2.54. The molecule has 0 aromatic carbocycles. The van der Waals surface area contributed by atoms with Crippen molar-refractivity contribution < 1.29 is 9.59 Å². The van der Waals surface area contributed by atoms with Gasteiger partial charge in [0.1, 0.15) is 5.69 Å². The summed E-state index contributed by atoms with van der Waals surface area (Å²) in [5.41, 5.74) is 11.0. The van der Waals surface area contributed by atoms with Gasteiger partial charge in [-0.15, -0.1) is 11.3 Å². The van der Waals surface area contributed by atoms with Gasteiger partial charge >= 0.3 is 0 Å². The first kappa shape index (κ1) is 15.6. The van der Waals surface area contributed by atoms with E-state index < -0.39 is 5.91 Å². The summed E-state index contributed by atoms with van der Waals surface area (Å²) in [7, 11) is 0. The molecular weight excluding hydrogens is 264 g/mol. The van der Waals surface area contributed by atoms with Crippen LogP contribution < -0.4 is 11.5 Å². The number of carbonyl (C=O) groups is 2. The molecule has 19 heavy (non-hydrogen) atoms. The molecule has 4 N–H and O–H groups in total. The van der Waals surface area contributed by atoms with Crippen LogP contribution in [0.25, 0.3) is 0 Å². The summed E-state index contributed by atoms with van der Waals surface area (Å²) in [5.74, 6) is -0.756. The van der Waals surface area contributed by atoms with Crippen LogP contribution in [0, 0.1) is 0 Å². The lowest BCUT2D eigenvalue weighted by Gasteiger charge is -2.19. The molecule has 0 aliphatic carbocycles. The van der Waals surface area contributed by atoms with Crippen molar-refractivity contribution in [3.63, 3.8) is 0 Å². The molecule has 2 amide bonds. The van der Waals surface area contributed by atoms with E-state index in [0.29, 0.717) is 25.2 Å². The second-order valence-corrected chi connectivity index (χ2v) is 5.15. The van der Waals surface area contributed by atoms with Gasteiger partial charge in [0.25, 0.3) is 5.91 Å². The van der Waals surface area contributed by atoms with E-state index in [4.69, 9.17) is 11.5 Å². The highest BCUT2D eigenvalue weighted by atomic mass is 32.1. The fourth-order valence-corrected chi connectivity index (χ4v) is 2.39. The topological polar surface area (TPSA) is 102 Å². The van der Waals surface area contributed by atoms with E-state index in [-0.39, 0.29) is 12.5 Å². The smallest absolute Gasteiger partial charge is 0.273 e. The second kappa shape index (κ2) is 7.85. The minimum absolute atomic E-state index is 0.0669. The molecule has 0 saturated heterocycles. The maximum absolute atomic E-state index is 12.2. The van der Waals surface area contributed by atoms with Crippen molar-refractivity contribution in [3.05, 3.63) is 16.1 Å². The first-order valence-electron chi connectivity index (χ1n) is 6.30. The van der Waals surface area contributed by atoms with Crippen molar-refractivity contribution in [2.24, 2.45) is 11.5 Å². The van der Waals surface area contributed by atoms with Gasteiger partial charge in [-0.05, 0) is 13.0 Å². The molecule has 6 nitrogen and oxygen atoms in total. The third kappa shape index (κ3) is 4.96. The molecule has 0 aliphatic rings. The second-order valence-electron chi connectivity index (χ2n) is 4.21. The van der Waals surface area contributed by atoms with Gasteiger partial charge in [-0.1, -0.05) is 13.3 Å². The summed E-state index contributed by atoms with van der Waals surface area (Å²) in [6.07, 6.45) is 2.43. The SMILES string of the molecule is CCCCN(CC(N)=O)C(=O)c1csc(CCN)n1. The maximum Gasteiger partial charge on any atom is 0.273 e. The Morgan fingerprint density at radius 2 is 2.21 bits per heavy atom. The molecule has 0 radical (unpaired) electrons. The summed E-state index contributed by atoms with van der Waals surface area (Å²) < 4.78 is 0. The maximum atomic E-state index is 12.2. The number of thiazole rings is 1. The fraction of sp³-hybridized carbons (Fsp3) is 0.583. The number of hydrogen-bond donors (Lipinski definition) is 2. The van der Waals surface area contributed by atoms with Crippen molar-refractivity contribution >= 4 is 23.2 Å². The van der Waals surface area contributed by atoms with E-state index in [1.165, 1.54) is 16.2 Å². The summed E-state index contributed by atoms with van der Waals surface area (Å²) in [6.45, 7) is 2.97. The van der Waals surface area contributed by atoms with Gasteiger partial charge < -0.3 is 16.4 Å². The first-order chi connectivity index (χ1) is 9.08. The number of amides is 2. The first-order valence-corrected chi connectivity index (χ1v) is 7.18. The lowest BCUT2D eigenvalue weighted by Crippen LogP contribution is -2.39. The van der Waals surface area contributed by atoms with Crippen molar-refractivity contribution in [2.45, 2.75) is 26.2 Å². The van der Waals surface area contributed by atoms with Crippen molar-refractivity contribution in [2.75, 3.05) is 19.6 Å². The molecule has 0 unspecified atom stereocenters. The summed E-state index contributed by atoms with van der Waals surface area (Å²) >= 11 is 1.41. The highest BCUT2D eigenvalue weighted by molar-refractivity contribution is 7.09. The number of hydrogen-bond acceptors (Lipinski definition) is 5. The standard InChI is InChI=1S/C12H20N4O2S/c1-2-3-6-16(7-10(14)17)12(18)9-8-19-11(15-9)4-5-13/h8H,2-7,13H2,1H3,(H2,14,17). The molecule has 0 saturated carbocycles. The molecule has 0 atom stereocenters. The van der Waals surface area contributed by atoms with E-state index in [0.717, 1.165) is 17.8 Å². The normalized spacial score (nSPS) is 10.4. The van der Waals surface area contributed by atoms with Crippen molar-refractivity contribution in [1.29, 1.82) is 0 Å². The predicted octanol–water partition coefficient (Wildman–Crippen LogP) is 0.372. The van der Waals surface area contributed by atoms with Gasteiger partial charge in [0.2, 0.25) is 5.91 Å². The lowest BCUT2D eigenvalue weighted by molar-refractivity contribution is -0.118. The largest absolute Gasteiger partial charge is 0.368 e. The Balaban J connectivity index is 2.75. The highest BCUT2D eigenvalue weighted by Gasteiger charge is 2.19. The van der Waals surface area contributed by atoms with Gasteiger partial charge in [-0.2, -0.15) is 0 Å². The molecule has 0 aliphatic heterocycles. The zero-order valence-corrected chi connectivity index (χ0v) is 11.9. The van der Waals surface area contributed by atoms with Crippen molar-refractivity contribution in [1.82, 2.24) is 9.88 Å². The molecule has 1 heterocycles. The fourth-order valence-electron chi connectivity index (χ4n) is 1.60. The molecule has 1 aromatic heterocycles. The number of nitrogens with zero attached hydrogens (tertiary/aromatic N) is 2. The third-order valence-corrected chi connectivity index (χ3v) is 3.45. The lowest BCUT2D eigenvalue weighted by atomic mass is 10.3. The highest BCUT2D eigenvalue weighted by Crippen LogP contribution is 2.12. The van der Waals surface area contributed by atoms with E-state index in [1.54, 1.807) is 5.38 Å². The Bertz CT molecular complexity index is 433. The molecule has 7 heteroatoms. The summed E-state index contributed by atoms with van der Waals surface area (Å²) in [6, 6.07) is 0. The molecule has 0 fully saturated rings. The van der Waals surface area contributed by atoms with E-state index in [2.05, 4.69) is 4.98 Å². The van der Waals surface area contributed by atoms with Crippen LogP contribution in [0.1, 0.15) is 35.3 Å². The average Bonchev–Trinajstić information content (AvgIpc) is 2.82. The Kier molecular flexibility index (Phi) is 6.44. The Hall–Kier alpha value is -1.47. The Morgan fingerprint density at radius 1 is 1.47 bits per heavy atom. The number of carbonyl (C=O) groups excluding carboxylic acids is 2. The average molecular weight is 284 g/mol. The van der Waals surface area contributed by atoms with Crippen LogP contribution in [0.3, 0.4) is 0 Å². The number of aromatic nitrogens is 1. The molecule has 1 rings (SSSR count). The Morgan fingerprint density at radius 3 is 2.79 bits per heavy atom. The number of rotatable bonds is 8. The minimum atomic E-state index is -0.512. The van der Waals surface area contributed by atoms with Crippen LogP contribution in [0.15, 0.2) is 5.38 Å². The molecule has 0 bridgehead atoms. The molecule has 106 valence electrons. The number of unbranched alkanes of at least 4 members (excludes halogenated alkanes) is 1. The number of nitrogens with two attached hydrogens (primary N) is 2. The van der Waals surface area contributed by atoms with Crippen LogP contribution in [-0.2, 0) is 11.2 Å². The van der Waals surface area contributed by atoms with Gasteiger partial charge in [-0.25, -0.2) is 4.98 Å². The van der Waals surface area contributed by atoms with Crippen molar-refractivity contribution in [3.8, 4) is 0 Å². The quantitative estimate of drug-likeness (QED) is 0.720. The van der Waals surface area contributed by atoms with Gasteiger partial charge in [0.15, 0.2) is 0 Å². The van der Waals surface area contributed by atoms with Crippen LogP contribution in [-0.4, -0.2) is 41.3 Å². The number of primary amides is 1. The van der Waals surface area contributed by atoms with E-state index >= 15 is 0 Å². The van der Waals surface area contributed by atoms with Crippen LogP contribution in [0.5, 0.6) is 0 Å². The van der Waals surface area contributed by atoms with Crippen LogP contribution >= 0.6 is 11.3 Å². The zero-order chi connectivity index (χ0) is 14.3. The van der Waals surface area contributed by atoms with Gasteiger partial charge in [0.05, 0.1) is 11.6 Å². The van der Waals surface area contributed by atoms with Gasteiger partial charge in [0, 0.05) is 18.3 Å². The molecule has 0 spiro atoms. The zero-order valence-electron chi connectivity index (χ0n) is 11.1. The van der Waals surface area contributed by atoms with E-state index in [9.17, 15) is 9.59 Å². The minimum Gasteiger partial charge on any atom is -0.368 e. The monoisotopic (exact) mass is 284 g/mol. The Labute approximate surface area is 116 Å². The van der Waals surface area contributed by atoms with Crippen LogP contribution in [0.4, 0.5) is 0 Å². The van der Waals surface area contributed by atoms with E-state index in [1.807, 2.05) is 6.92 Å². The molecule has 1 aromatic rings. The molecular formula is C12H20N4O2S. The van der Waals surface area contributed by atoms with Gasteiger partial charge in [-0.3, -0.25) is 9.59 Å².